The second kappa shape index (κ2) is 9.44. The number of carbonyl (C=O) groups excluding carboxylic acids is 1. The highest BCUT2D eigenvalue weighted by molar-refractivity contribution is 5.92. The van der Waals surface area contributed by atoms with Crippen LogP contribution in [0.4, 0.5) is 0 Å². The zero-order valence-corrected chi connectivity index (χ0v) is 15.5. The van der Waals surface area contributed by atoms with Crippen LogP contribution in [-0.4, -0.2) is 63.4 Å². The first-order valence-corrected chi connectivity index (χ1v) is 8.57. The van der Waals surface area contributed by atoms with Crippen LogP contribution in [0.5, 0.6) is 11.5 Å². The van der Waals surface area contributed by atoms with E-state index in [2.05, 4.69) is 17.1 Å². The van der Waals surface area contributed by atoms with E-state index in [-0.39, 0.29) is 18.0 Å². The van der Waals surface area contributed by atoms with Gasteiger partial charge in [0.1, 0.15) is 0 Å². The molecule has 1 heterocycles. The highest BCUT2D eigenvalue weighted by Gasteiger charge is 2.22. The molecule has 2 unspecified atom stereocenters. The lowest BCUT2D eigenvalue weighted by Crippen LogP contribution is -2.51. The minimum absolute atomic E-state index is 0.0562. The summed E-state index contributed by atoms with van der Waals surface area (Å²) in [5.41, 5.74) is 0.877. The summed E-state index contributed by atoms with van der Waals surface area (Å²) in [6, 6.07) is 5.86. The van der Waals surface area contributed by atoms with Crippen molar-refractivity contribution >= 4 is 12.0 Å². The first-order chi connectivity index (χ1) is 12.0. The molecule has 1 aromatic rings. The van der Waals surface area contributed by atoms with Crippen LogP contribution in [0.1, 0.15) is 19.4 Å². The molecule has 1 saturated heterocycles. The predicted molar refractivity (Wildman–Crippen MR) is 98.0 cm³/mol. The smallest absolute Gasteiger partial charge is 0.244 e. The first-order valence-electron chi connectivity index (χ1n) is 8.57. The predicted octanol–water partition coefficient (Wildman–Crippen LogP) is 1.94. The van der Waals surface area contributed by atoms with Gasteiger partial charge in [-0.15, -0.1) is 0 Å². The Bertz CT molecular complexity index is 597. The van der Waals surface area contributed by atoms with Gasteiger partial charge in [-0.05, 0) is 37.6 Å². The lowest BCUT2D eigenvalue weighted by Gasteiger charge is -2.35. The van der Waals surface area contributed by atoms with Crippen molar-refractivity contribution in [2.45, 2.75) is 25.9 Å². The molecule has 25 heavy (non-hydrogen) atoms. The minimum atomic E-state index is -0.109. The maximum Gasteiger partial charge on any atom is 0.244 e. The summed E-state index contributed by atoms with van der Waals surface area (Å²) in [6.07, 6.45) is 3.31. The Morgan fingerprint density at radius 3 is 2.52 bits per heavy atom. The Morgan fingerprint density at radius 2 is 1.88 bits per heavy atom. The van der Waals surface area contributed by atoms with Crippen molar-refractivity contribution in [1.82, 2.24) is 10.2 Å². The molecule has 1 aliphatic rings. The van der Waals surface area contributed by atoms with E-state index in [0.29, 0.717) is 11.5 Å². The number of morpholine rings is 1. The molecule has 0 saturated carbocycles. The van der Waals surface area contributed by atoms with Gasteiger partial charge < -0.3 is 19.5 Å². The molecule has 1 amide bonds. The average molecular weight is 348 g/mol. The van der Waals surface area contributed by atoms with Crippen molar-refractivity contribution in [1.29, 1.82) is 0 Å². The average Bonchev–Trinajstić information content (AvgIpc) is 2.66. The minimum Gasteiger partial charge on any atom is -0.493 e. The van der Waals surface area contributed by atoms with Crippen molar-refractivity contribution in [3.8, 4) is 11.5 Å². The number of benzene rings is 1. The first kappa shape index (κ1) is 19.3. The van der Waals surface area contributed by atoms with Gasteiger partial charge in [0.15, 0.2) is 11.5 Å². The molecule has 1 fully saturated rings. The summed E-state index contributed by atoms with van der Waals surface area (Å²) in [5, 5.41) is 3.03. The summed E-state index contributed by atoms with van der Waals surface area (Å²) in [6.45, 7) is 7.48. The van der Waals surface area contributed by atoms with Crippen molar-refractivity contribution in [2.75, 3.05) is 40.5 Å². The Balaban J connectivity index is 1.91. The third-order valence-corrected chi connectivity index (χ3v) is 4.55. The third kappa shape index (κ3) is 5.47. The second-order valence-corrected chi connectivity index (χ2v) is 6.13. The number of nitrogens with zero attached hydrogens (tertiary/aromatic N) is 1. The van der Waals surface area contributed by atoms with Crippen LogP contribution in [0.2, 0.25) is 0 Å². The zero-order valence-electron chi connectivity index (χ0n) is 15.5. The number of ether oxygens (including phenoxy) is 3. The van der Waals surface area contributed by atoms with Crippen LogP contribution in [0, 0.1) is 0 Å². The van der Waals surface area contributed by atoms with E-state index in [1.54, 1.807) is 26.4 Å². The number of hydrogen-bond donors (Lipinski definition) is 1. The molecule has 0 aromatic heterocycles. The van der Waals surface area contributed by atoms with Crippen LogP contribution in [0.25, 0.3) is 6.08 Å². The standard InChI is InChI=1S/C19H28N2O4/c1-14(15(2)21-9-11-25-12-10-21)20-19(22)8-6-16-5-7-17(23-3)18(13-16)24-4/h5-8,13-15H,9-12H2,1-4H3,(H,20,22)/b8-6+. The molecule has 6 nitrogen and oxygen atoms in total. The quantitative estimate of drug-likeness (QED) is 0.763. The number of carbonyl (C=O) groups is 1. The molecule has 1 aliphatic heterocycles. The van der Waals surface area contributed by atoms with Crippen LogP contribution in [0.3, 0.4) is 0 Å². The Morgan fingerprint density at radius 1 is 1.20 bits per heavy atom. The Kier molecular flexibility index (Phi) is 7.28. The molecule has 2 atom stereocenters. The third-order valence-electron chi connectivity index (χ3n) is 4.55. The van der Waals surface area contributed by atoms with E-state index in [1.165, 1.54) is 0 Å². The zero-order chi connectivity index (χ0) is 18.2. The second-order valence-electron chi connectivity index (χ2n) is 6.13. The number of hydrogen-bond acceptors (Lipinski definition) is 5. The number of nitrogens with one attached hydrogen (secondary N) is 1. The van der Waals surface area contributed by atoms with Crippen molar-refractivity contribution in [2.24, 2.45) is 0 Å². The van der Waals surface area contributed by atoms with Crippen LogP contribution in [0.15, 0.2) is 24.3 Å². The molecule has 0 aliphatic carbocycles. The van der Waals surface area contributed by atoms with Gasteiger partial charge in [0.25, 0.3) is 0 Å². The van der Waals surface area contributed by atoms with Gasteiger partial charge in [-0.25, -0.2) is 0 Å². The Labute approximate surface area is 149 Å². The largest absolute Gasteiger partial charge is 0.493 e. The summed E-state index contributed by atoms with van der Waals surface area (Å²) in [5.74, 6) is 1.19. The molecule has 6 heteroatoms. The normalized spacial score (nSPS) is 17.9. The lowest BCUT2D eigenvalue weighted by molar-refractivity contribution is -0.117. The van der Waals surface area contributed by atoms with Gasteiger partial charge in [0.2, 0.25) is 5.91 Å². The Hall–Kier alpha value is -2.05. The molecule has 0 radical (unpaired) electrons. The summed E-state index contributed by atoms with van der Waals surface area (Å²) < 4.78 is 15.9. The SMILES string of the molecule is COc1ccc(/C=C/C(=O)NC(C)C(C)N2CCOCC2)cc1OC. The van der Waals surface area contributed by atoms with Gasteiger partial charge in [0, 0.05) is 31.2 Å². The van der Waals surface area contributed by atoms with Crippen molar-refractivity contribution in [3.05, 3.63) is 29.8 Å². The monoisotopic (exact) mass is 348 g/mol. The van der Waals surface area contributed by atoms with Crippen molar-refractivity contribution < 1.29 is 19.0 Å². The van der Waals surface area contributed by atoms with E-state index < -0.39 is 0 Å². The van der Waals surface area contributed by atoms with E-state index in [0.717, 1.165) is 31.9 Å². The topological polar surface area (TPSA) is 60.0 Å². The number of methoxy groups -OCH3 is 2. The fourth-order valence-electron chi connectivity index (χ4n) is 2.82. The van der Waals surface area contributed by atoms with Crippen LogP contribution >= 0.6 is 0 Å². The fourth-order valence-corrected chi connectivity index (χ4v) is 2.82. The van der Waals surface area contributed by atoms with E-state index in [9.17, 15) is 4.79 Å². The molecule has 0 spiro atoms. The van der Waals surface area contributed by atoms with Crippen LogP contribution < -0.4 is 14.8 Å². The fraction of sp³-hybridized carbons (Fsp3) is 0.526. The van der Waals surface area contributed by atoms with Gasteiger partial charge >= 0.3 is 0 Å². The van der Waals surface area contributed by atoms with Gasteiger partial charge in [0.05, 0.1) is 27.4 Å². The van der Waals surface area contributed by atoms with Crippen LogP contribution in [-0.2, 0) is 9.53 Å². The lowest BCUT2D eigenvalue weighted by atomic mass is 10.1. The summed E-state index contributed by atoms with van der Waals surface area (Å²) >= 11 is 0. The van der Waals surface area contributed by atoms with Gasteiger partial charge in [-0.1, -0.05) is 6.07 Å². The maximum absolute atomic E-state index is 12.2. The van der Waals surface area contributed by atoms with E-state index >= 15 is 0 Å². The molecule has 1 aromatic carbocycles. The van der Waals surface area contributed by atoms with E-state index in [4.69, 9.17) is 14.2 Å². The van der Waals surface area contributed by atoms with E-state index in [1.807, 2.05) is 25.1 Å². The highest BCUT2D eigenvalue weighted by Crippen LogP contribution is 2.27. The molecule has 1 N–H and O–H groups in total. The highest BCUT2D eigenvalue weighted by atomic mass is 16.5. The van der Waals surface area contributed by atoms with Crippen molar-refractivity contribution in [3.63, 3.8) is 0 Å². The summed E-state index contributed by atoms with van der Waals surface area (Å²) in [4.78, 5) is 14.5. The molecule has 138 valence electrons. The number of rotatable bonds is 7. The molecular formula is C19H28N2O4. The van der Waals surface area contributed by atoms with Gasteiger partial charge in [-0.3, -0.25) is 9.69 Å². The summed E-state index contributed by atoms with van der Waals surface area (Å²) in [7, 11) is 3.19. The maximum atomic E-state index is 12.2. The van der Waals surface area contributed by atoms with Gasteiger partial charge in [-0.2, -0.15) is 0 Å². The molecule has 2 rings (SSSR count). The molecular weight excluding hydrogens is 320 g/mol. The molecule has 0 bridgehead atoms. The number of amides is 1.